The molecular weight excluding hydrogens is 316 g/mol. The Morgan fingerprint density at radius 1 is 1.12 bits per heavy atom. The predicted molar refractivity (Wildman–Crippen MR) is 98.6 cm³/mol. The molecule has 24 heavy (non-hydrogen) atoms. The third-order valence-corrected chi connectivity index (χ3v) is 5.56. The molecule has 3 nitrogen and oxygen atoms in total. The molecule has 1 atom stereocenters. The standard InChI is InChI=1S/C20H22N2OS/c1-23-17-7-2-6-16(14-17)20-19-9-3-10-21(19)11-5-12-22(20)15-18-8-4-13-24-18/h2-4,6-10,13-14,20H,5,11-12,15H2,1H3. The van der Waals surface area contributed by atoms with E-state index in [1.807, 2.05) is 17.4 Å². The Kier molecular flexibility index (Phi) is 4.41. The largest absolute Gasteiger partial charge is 0.497 e. The van der Waals surface area contributed by atoms with Crippen molar-refractivity contribution in [2.75, 3.05) is 13.7 Å². The van der Waals surface area contributed by atoms with Gasteiger partial charge in [-0.25, -0.2) is 0 Å². The molecule has 4 heteroatoms. The minimum atomic E-state index is 0.264. The van der Waals surface area contributed by atoms with Crippen LogP contribution < -0.4 is 4.74 Å². The van der Waals surface area contributed by atoms with Crippen molar-refractivity contribution in [1.82, 2.24) is 9.47 Å². The second-order valence-corrected chi connectivity index (χ2v) is 7.24. The van der Waals surface area contributed by atoms with Crippen LogP contribution in [0.15, 0.2) is 60.1 Å². The predicted octanol–water partition coefficient (Wildman–Crippen LogP) is 4.55. The normalized spacial score (nSPS) is 18.1. The average Bonchev–Trinajstić information content (AvgIpc) is 3.25. The Bertz CT molecular complexity index is 794. The minimum absolute atomic E-state index is 0.264. The number of hydrogen-bond acceptors (Lipinski definition) is 3. The van der Waals surface area contributed by atoms with Gasteiger partial charge in [-0.05, 0) is 47.7 Å². The molecule has 0 amide bonds. The van der Waals surface area contributed by atoms with Gasteiger partial charge in [0.05, 0.1) is 13.2 Å². The Morgan fingerprint density at radius 3 is 2.92 bits per heavy atom. The maximum Gasteiger partial charge on any atom is 0.119 e. The molecule has 1 aliphatic rings. The lowest BCUT2D eigenvalue weighted by molar-refractivity contribution is 0.222. The van der Waals surface area contributed by atoms with Crippen LogP contribution in [0.2, 0.25) is 0 Å². The maximum absolute atomic E-state index is 5.46. The Morgan fingerprint density at radius 2 is 2.08 bits per heavy atom. The van der Waals surface area contributed by atoms with Crippen LogP contribution in [0, 0.1) is 0 Å². The molecule has 0 fully saturated rings. The highest BCUT2D eigenvalue weighted by atomic mass is 32.1. The molecular formula is C20H22N2OS. The maximum atomic E-state index is 5.46. The summed E-state index contributed by atoms with van der Waals surface area (Å²) in [4.78, 5) is 4.02. The molecule has 4 rings (SSSR count). The molecule has 1 unspecified atom stereocenters. The van der Waals surface area contributed by atoms with Crippen LogP contribution in [-0.2, 0) is 13.1 Å². The third-order valence-electron chi connectivity index (χ3n) is 4.70. The minimum Gasteiger partial charge on any atom is -0.497 e. The van der Waals surface area contributed by atoms with Gasteiger partial charge in [0, 0.05) is 36.4 Å². The smallest absolute Gasteiger partial charge is 0.119 e. The van der Waals surface area contributed by atoms with Crippen molar-refractivity contribution in [3.05, 3.63) is 76.2 Å². The zero-order valence-electron chi connectivity index (χ0n) is 13.9. The highest BCUT2D eigenvalue weighted by Crippen LogP contribution is 2.34. The van der Waals surface area contributed by atoms with Crippen molar-refractivity contribution in [2.45, 2.75) is 25.6 Å². The van der Waals surface area contributed by atoms with E-state index in [-0.39, 0.29) is 6.04 Å². The van der Waals surface area contributed by atoms with E-state index in [1.54, 1.807) is 7.11 Å². The van der Waals surface area contributed by atoms with Crippen molar-refractivity contribution in [1.29, 1.82) is 0 Å². The topological polar surface area (TPSA) is 17.4 Å². The summed E-state index contributed by atoms with van der Waals surface area (Å²) in [7, 11) is 1.73. The van der Waals surface area contributed by atoms with Crippen LogP contribution in [0.1, 0.15) is 28.6 Å². The van der Waals surface area contributed by atoms with E-state index in [2.05, 4.69) is 63.5 Å². The molecule has 0 spiro atoms. The SMILES string of the molecule is COc1cccc(C2c3cccn3CCCN2Cc2cccs2)c1. The fourth-order valence-corrected chi connectivity index (χ4v) is 4.34. The second kappa shape index (κ2) is 6.83. The molecule has 0 N–H and O–H groups in total. The van der Waals surface area contributed by atoms with Crippen molar-refractivity contribution in [3.8, 4) is 5.75 Å². The molecule has 1 aliphatic heterocycles. The zero-order valence-corrected chi connectivity index (χ0v) is 14.7. The summed E-state index contributed by atoms with van der Waals surface area (Å²) in [6.07, 6.45) is 3.38. The number of thiophene rings is 1. The van der Waals surface area contributed by atoms with E-state index in [0.717, 1.165) is 25.4 Å². The van der Waals surface area contributed by atoms with Crippen LogP contribution >= 0.6 is 11.3 Å². The summed E-state index contributed by atoms with van der Waals surface area (Å²) in [6.45, 7) is 3.18. The van der Waals surface area contributed by atoms with Gasteiger partial charge >= 0.3 is 0 Å². The van der Waals surface area contributed by atoms with Crippen LogP contribution in [0.4, 0.5) is 0 Å². The number of hydrogen-bond donors (Lipinski definition) is 0. The van der Waals surface area contributed by atoms with Gasteiger partial charge in [-0.3, -0.25) is 4.90 Å². The number of methoxy groups -OCH3 is 1. The first kappa shape index (κ1) is 15.5. The Labute approximate surface area is 147 Å². The van der Waals surface area contributed by atoms with Crippen LogP contribution in [0.25, 0.3) is 0 Å². The quantitative estimate of drug-likeness (QED) is 0.694. The van der Waals surface area contributed by atoms with Gasteiger partial charge in [0.15, 0.2) is 0 Å². The first-order chi connectivity index (χ1) is 11.8. The molecule has 0 bridgehead atoms. The van der Waals surface area contributed by atoms with E-state index < -0.39 is 0 Å². The highest BCUT2D eigenvalue weighted by Gasteiger charge is 2.27. The Hall–Kier alpha value is -2.04. The van der Waals surface area contributed by atoms with Crippen molar-refractivity contribution < 1.29 is 4.74 Å². The van der Waals surface area contributed by atoms with Crippen LogP contribution in [-0.4, -0.2) is 23.1 Å². The lowest BCUT2D eigenvalue weighted by Crippen LogP contribution is -2.29. The van der Waals surface area contributed by atoms with Gasteiger partial charge in [-0.2, -0.15) is 0 Å². The lowest BCUT2D eigenvalue weighted by atomic mass is 10.0. The number of benzene rings is 1. The number of aryl methyl sites for hydroxylation is 1. The molecule has 0 radical (unpaired) electrons. The van der Waals surface area contributed by atoms with Crippen molar-refractivity contribution >= 4 is 11.3 Å². The molecule has 2 aromatic heterocycles. The molecule has 3 aromatic rings. The zero-order chi connectivity index (χ0) is 16.4. The van der Waals surface area contributed by atoms with Crippen LogP contribution in [0.5, 0.6) is 5.75 Å². The number of nitrogens with zero attached hydrogens (tertiary/aromatic N) is 2. The van der Waals surface area contributed by atoms with Gasteiger partial charge in [0.2, 0.25) is 0 Å². The number of fused-ring (bicyclic) bond motifs is 1. The Balaban J connectivity index is 1.76. The summed E-state index contributed by atoms with van der Waals surface area (Å²) in [6, 6.07) is 17.6. The fourth-order valence-electron chi connectivity index (χ4n) is 3.61. The van der Waals surface area contributed by atoms with E-state index in [9.17, 15) is 0 Å². The van der Waals surface area contributed by atoms with Gasteiger partial charge in [0.25, 0.3) is 0 Å². The third kappa shape index (κ3) is 2.99. The van der Waals surface area contributed by atoms with E-state index in [0.29, 0.717) is 0 Å². The summed E-state index contributed by atoms with van der Waals surface area (Å²) in [5.74, 6) is 0.922. The van der Waals surface area contributed by atoms with Crippen LogP contribution in [0.3, 0.4) is 0 Å². The molecule has 3 heterocycles. The number of ether oxygens (including phenoxy) is 1. The van der Waals surface area contributed by atoms with Gasteiger partial charge < -0.3 is 9.30 Å². The van der Waals surface area contributed by atoms with Gasteiger partial charge in [0.1, 0.15) is 5.75 Å². The van der Waals surface area contributed by atoms with E-state index in [1.165, 1.54) is 22.6 Å². The molecule has 124 valence electrons. The summed E-state index contributed by atoms with van der Waals surface area (Å²) < 4.78 is 7.87. The first-order valence-corrected chi connectivity index (χ1v) is 9.28. The number of rotatable bonds is 4. The second-order valence-electron chi connectivity index (χ2n) is 6.21. The fraction of sp³-hybridized carbons (Fsp3) is 0.300. The summed E-state index contributed by atoms with van der Waals surface area (Å²) in [5, 5.41) is 2.16. The molecule has 0 saturated carbocycles. The van der Waals surface area contributed by atoms with Crippen molar-refractivity contribution in [3.63, 3.8) is 0 Å². The first-order valence-electron chi connectivity index (χ1n) is 8.40. The lowest BCUT2D eigenvalue weighted by Gasteiger charge is -2.30. The molecule has 0 aliphatic carbocycles. The van der Waals surface area contributed by atoms with E-state index >= 15 is 0 Å². The summed E-state index contributed by atoms with van der Waals surface area (Å²) in [5.41, 5.74) is 2.67. The monoisotopic (exact) mass is 338 g/mol. The van der Waals surface area contributed by atoms with Gasteiger partial charge in [-0.1, -0.05) is 18.2 Å². The highest BCUT2D eigenvalue weighted by molar-refractivity contribution is 7.09. The van der Waals surface area contributed by atoms with Gasteiger partial charge in [-0.15, -0.1) is 11.3 Å². The molecule has 0 saturated heterocycles. The molecule has 1 aromatic carbocycles. The average molecular weight is 338 g/mol. The van der Waals surface area contributed by atoms with E-state index in [4.69, 9.17) is 4.74 Å². The summed E-state index contributed by atoms with van der Waals surface area (Å²) >= 11 is 1.84. The van der Waals surface area contributed by atoms with Crippen molar-refractivity contribution in [2.24, 2.45) is 0 Å². The number of aromatic nitrogens is 1.